The van der Waals surface area contributed by atoms with Crippen molar-refractivity contribution in [2.75, 3.05) is 40.8 Å². The lowest BCUT2D eigenvalue weighted by Gasteiger charge is -2.31. The fourth-order valence-corrected chi connectivity index (χ4v) is 4.35. The molecule has 1 aromatic carbocycles. The van der Waals surface area contributed by atoms with Crippen LogP contribution in [0, 0.1) is 5.92 Å². The van der Waals surface area contributed by atoms with E-state index in [0.29, 0.717) is 36.2 Å². The lowest BCUT2D eigenvalue weighted by atomic mass is 9.98. The second-order valence-electron chi connectivity index (χ2n) is 7.61. The number of aliphatic imine (C=N–C) groups is 1. The van der Waals surface area contributed by atoms with E-state index in [1.165, 1.54) is 5.56 Å². The summed E-state index contributed by atoms with van der Waals surface area (Å²) in [4.78, 5) is 6.29. The molecule has 1 fully saturated rings. The number of nitrogens with one attached hydrogen (secondary N) is 2. The quantitative estimate of drug-likeness (QED) is 0.492. The average molecular weight is 450 g/mol. The van der Waals surface area contributed by atoms with E-state index in [2.05, 4.69) is 32.7 Å². The van der Waals surface area contributed by atoms with Crippen LogP contribution in [-0.4, -0.2) is 69.9 Å². The highest BCUT2D eigenvalue weighted by atomic mass is 32.2. The Labute approximate surface area is 176 Å². The predicted molar refractivity (Wildman–Crippen MR) is 111 cm³/mol. The molecule has 1 saturated heterocycles. The Morgan fingerprint density at radius 2 is 1.77 bits per heavy atom. The van der Waals surface area contributed by atoms with Crippen molar-refractivity contribution in [1.82, 2.24) is 19.8 Å². The van der Waals surface area contributed by atoms with E-state index in [-0.39, 0.29) is 19.0 Å². The van der Waals surface area contributed by atoms with Crippen molar-refractivity contribution >= 4 is 16.0 Å². The molecule has 7 nitrogen and oxygen atoms in total. The van der Waals surface area contributed by atoms with Gasteiger partial charge in [-0.3, -0.25) is 4.99 Å². The third-order valence-electron chi connectivity index (χ3n) is 5.04. The largest absolute Gasteiger partial charge is 0.511 e. The molecule has 1 aromatic rings. The SMILES string of the molecule is CN=C(NCc1ccccc1CN(C)C)NCC1CCN(S(=O)(=O)C(F)(F)F)CC1. The first-order chi connectivity index (χ1) is 14.0. The Bertz CT molecular complexity index is 820. The normalized spacial score (nSPS) is 17.4. The van der Waals surface area contributed by atoms with Crippen molar-refractivity contribution in [2.24, 2.45) is 10.9 Å². The smallest absolute Gasteiger partial charge is 0.356 e. The molecule has 0 radical (unpaired) electrons. The molecule has 11 heteroatoms. The van der Waals surface area contributed by atoms with Gasteiger partial charge in [0.15, 0.2) is 5.96 Å². The summed E-state index contributed by atoms with van der Waals surface area (Å²) in [5.74, 6) is 0.671. The average Bonchev–Trinajstić information content (AvgIpc) is 2.68. The first-order valence-electron chi connectivity index (χ1n) is 9.77. The zero-order valence-electron chi connectivity index (χ0n) is 17.5. The van der Waals surface area contributed by atoms with Gasteiger partial charge in [-0.15, -0.1) is 0 Å². The molecule has 1 heterocycles. The van der Waals surface area contributed by atoms with E-state index < -0.39 is 15.5 Å². The molecule has 0 aliphatic carbocycles. The molecule has 2 N–H and O–H groups in total. The number of alkyl halides is 3. The first kappa shape index (κ1) is 24.4. The van der Waals surface area contributed by atoms with Crippen molar-refractivity contribution in [3.8, 4) is 0 Å². The predicted octanol–water partition coefficient (Wildman–Crippen LogP) is 1.97. The molecular weight excluding hydrogens is 419 g/mol. The zero-order chi connectivity index (χ0) is 22.4. The van der Waals surface area contributed by atoms with Crippen molar-refractivity contribution in [3.05, 3.63) is 35.4 Å². The summed E-state index contributed by atoms with van der Waals surface area (Å²) in [7, 11) is 0.435. The van der Waals surface area contributed by atoms with Crippen LogP contribution in [0.3, 0.4) is 0 Å². The third-order valence-corrected chi connectivity index (χ3v) is 6.67. The second-order valence-corrected chi connectivity index (χ2v) is 9.54. The number of benzene rings is 1. The summed E-state index contributed by atoms with van der Waals surface area (Å²) in [6.45, 7) is 1.67. The number of piperidine rings is 1. The molecule has 0 unspecified atom stereocenters. The fraction of sp³-hybridized carbons (Fsp3) is 0.632. The Morgan fingerprint density at radius 3 is 2.30 bits per heavy atom. The highest BCUT2D eigenvalue weighted by Crippen LogP contribution is 2.30. The number of hydrogen-bond acceptors (Lipinski definition) is 4. The maximum atomic E-state index is 12.7. The van der Waals surface area contributed by atoms with Gasteiger partial charge in [0.25, 0.3) is 0 Å². The molecule has 2 rings (SSSR count). The maximum Gasteiger partial charge on any atom is 0.511 e. The second kappa shape index (κ2) is 10.5. The maximum absolute atomic E-state index is 12.7. The van der Waals surface area contributed by atoms with Gasteiger partial charge in [-0.1, -0.05) is 24.3 Å². The van der Waals surface area contributed by atoms with Crippen molar-refractivity contribution < 1.29 is 21.6 Å². The van der Waals surface area contributed by atoms with E-state index in [1.807, 2.05) is 26.2 Å². The zero-order valence-corrected chi connectivity index (χ0v) is 18.4. The van der Waals surface area contributed by atoms with E-state index >= 15 is 0 Å². The van der Waals surface area contributed by atoms with E-state index in [9.17, 15) is 21.6 Å². The van der Waals surface area contributed by atoms with Crippen LogP contribution >= 0.6 is 0 Å². The van der Waals surface area contributed by atoms with Gasteiger partial charge in [-0.2, -0.15) is 17.5 Å². The Morgan fingerprint density at radius 1 is 1.17 bits per heavy atom. The van der Waals surface area contributed by atoms with Crippen LogP contribution in [0.15, 0.2) is 29.3 Å². The van der Waals surface area contributed by atoms with Crippen LogP contribution in [0.2, 0.25) is 0 Å². The fourth-order valence-electron chi connectivity index (χ4n) is 3.37. The van der Waals surface area contributed by atoms with Gasteiger partial charge in [0.05, 0.1) is 0 Å². The molecule has 1 aliphatic heterocycles. The van der Waals surface area contributed by atoms with Crippen LogP contribution in [0.1, 0.15) is 24.0 Å². The lowest BCUT2D eigenvalue weighted by molar-refractivity contribution is -0.0496. The molecule has 170 valence electrons. The number of rotatable bonds is 7. The van der Waals surface area contributed by atoms with Gasteiger partial charge >= 0.3 is 15.5 Å². The summed E-state index contributed by atoms with van der Waals surface area (Å²) in [5.41, 5.74) is -2.88. The van der Waals surface area contributed by atoms with Gasteiger partial charge in [0, 0.05) is 39.8 Å². The summed E-state index contributed by atoms with van der Waals surface area (Å²) < 4.78 is 61.5. The molecular formula is C19H30F3N5O2S. The summed E-state index contributed by atoms with van der Waals surface area (Å²) in [5, 5.41) is 6.45. The number of sulfonamides is 1. The molecule has 1 aliphatic rings. The van der Waals surface area contributed by atoms with Crippen LogP contribution in [0.5, 0.6) is 0 Å². The van der Waals surface area contributed by atoms with Crippen molar-refractivity contribution in [3.63, 3.8) is 0 Å². The Balaban J connectivity index is 1.82. The molecule has 0 saturated carbocycles. The van der Waals surface area contributed by atoms with Gasteiger partial charge in [-0.25, -0.2) is 8.42 Å². The summed E-state index contributed by atoms with van der Waals surface area (Å²) in [6, 6.07) is 8.11. The Kier molecular flexibility index (Phi) is 8.51. The van der Waals surface area contributed by atoms with Crippen LogP contribution in [0.4, 0.5) is 13.2 Å². The van der Waals surface area contributed by atoms with E-state index in [1.54, 1.807) is 7.05 Å². The molecule has 0 atom stereocenters. The minimum Gasteiger partial charge on any atom is -0.356 e. The number of halogens is 3. The molecule has 0 aromatic heterocycles. The monoisotopic (exact) mass is 449 g/mol. The standard InChI is InChI=1S/C19H30F3N5O2S/c1-23-18(25-13-16-6-4-5-7-17(16)14-26(2)3)24-12-15-8-10-27(11-9-15)30(28,29)19(20,21)22/h4-7,15H,8-14H2,1-3H3,(H2,23,24,25). The topological polar surface area (TPSA) is 77.0 Å². The number of guanidine groups is 1. The molecule has 0 bridgehead atoms. The van der Waals surface area contributed by atoms with Gasteiger partial charge < -0.3 is 15.5 Å². The van der Waals surface area contributed by atoms with Crippen molar-refractivity contribution in [1.29, 1.82) is 0 Å². The minimum atomic E-state index is -5.24. The third kappa shape index (κ3) is 6.58. The minimum absolute atomic E-state index is 0.0734. The molecule has 0 spiro atoms. The molecule has 30 heavy (non-hydrogen) atoms. The number of nitrogens with zero attached hydrogens (tertiary/aromatic N) is 3. The molecule has 0 amide bonds. The van der Waals surface area contributed by atoms with Gasteiger partial charge in [0.2, 0.25) is 0 Å². The van der Waals surface area contributed by atoms with Gasteiger partial charge in [0.1, 0.15) is 0 Å². The Hall–Kier alpha value is -1.85. The summed E-state index contributed by atoms with van der Waals surface area (Å²) in [6.07, 6.45) is 0.732. The number of hydrogen-bond donors (Lipinski definition) is 2. The van der Waals surface area contributed by atoms with Crippen molar-refractivity contribution in [2.45, 2.75) is 31.4 Å². The van der Waals surface area contributed by atoms with E-state index in [0.717, 1.165) is 12.1 Å². The van der Waals surface area contributed by atoms with E-state index in [4.69, 9.17) is 0 Å². The van der Waals surface area contributed by atoms with Crippen LogP contribution in [0.25, 0.3) is 0 Å². The lowest BCUT2D eigenvalue weighted by Crippen LogP contribution is -2.47. The van der Waals surface area contributed by atoms with Crippen LogP contribution in [-0.2, 0) is 23.1 Å². The van der Waals surface area contributed by atoms with Crippen LogP contribution < -0.4 is 10.6 Å². The highest BCUT2D eigenvalue weighted by Gasteiger charge is 2.50. The van der Waals surface area contributed by atoms with Gasteiger partial charge in [-0.05, 0) is 44.0 Å². The first-order valence-corrected chi connectivity index (χ1v) is 11.2. The summed E-state index contributed by atoms with van der Waals surface area (Å²) >= 11 is 0. The highest BCUT2D eigenvalue weighted by molar-refractivity contribution is 7.90.